The van der Waals surface area contributed by atoms with Crippen molar-refractivity contribution in [2.24, 2.45) is 5.84 Å². The maximum absolute atomic E-state index is 13.5. The molecule has 19 heavy (non-hydrogen) atoms. The molecule has 1 unspecified atom stereocenters. The summed E-state index contributed by atoms with van der Waals surface area (Å²) in [5.74, 6) is 6.00. The van der Waals surface area contributed by atoms with Crippen molar-refractivity contribution in [3.63, 3.8) is 0 Å². The van der Waals surface area contributed by atoms with E-state index in [0.29, 0.717) is 10.2 Å². The molecule has 5 heteroatoms. The number of rotatable bonds is 4. The first-order valence-electron chi connectivity index (χ1n) is 5.70. The zero-order chi connectivity index (χ0) is 13.8. The monoisotopic (exact) mass is 324 g/mol. The van der Waals surface area contributed by atoms with E-state index in [-0.39, 0.29) is 11.9 Å². The fourth-order valence-electron chi connectivity index (χ4n) is 2.01. The van der Waals surface area contributed by atoms with Gasteiger partial charge in [0.05, 0.1) is 13.2 Å². The van der Waals surface area contributed by atoms with Crippen LogP contribution in [0.4, 0.5) is 4.39 Å². The van der Waals surface area contributed by atoms with Crippen molar-refractivity contribution in [2.45, 2.75) is 6.04 Å². The lowest BCUT2D eigenvalue weighted by molar-refractivity contribution is 0.404. The van der Waals surface area contributed by atoms with Gasteiger partial charge in [-0.1, -0.05) is 34.1 Å². The van der Waals surface area contributed by atoms with Crippen LogP contribution < -0.4 is 16.0 Å². The predicted octanol–water partition coefficient (Wildman–Crippen LogP) is 3.15. The van der Waals surface area contributed by atoms with Gasteiger partial charge in [-0.2, -0.15) is 0 Å². The van der Waals surface area contributed by atoms with Crippen LogP contribution in [0.5, 0.6) is 5.75 Å². The number of nitrogens with two attached hydrogens (primary N) is 1. The Bertz CT molecular complexity index is 557. The average Bonchev–Trinajstić information content (AvgIpc) is 2.39. The summed E-state index contributed by atoms with van der Waals surface area (Å²) in [5.41, 5.74) is 4.27. The maximum atomic E-state index is 13.5. The average molecular weight is 325 g/mol. The molecule has 2 aromatic carbocycles. The van der Waals surface area contributed by atoms with Crippen molar-refractivity contribution < 1.29 is 9.13 Å². The molecule has 0 aromatic heterocycles. The number of halogens is 2. The van der Waals surface area contributed by atoms with Crippen molar-refractivity contribution in [3.8, 4) is 5.75 Å². The van der Waals surface area contributed by atoms with Gasteiger partial charge in [-0.3, -0.25) is 5.84 Å². The Labute approximate surface area is 119 Å². The predicted molar refractivity (Wildman–Crippen MR) is 76.3 cm³/mol. The lowest BCUT2D eigenvalue weighted by atomic mass is 9.98. The molecule has 0 heterocycles. The zero-order valence-corrected chi connectivity index (χ0v) is 11.9. The van der Waals surface area contributed by atoms with Gasteiger partial charge in [0, 0.05) is 10.0 Å². The summed E-state index contributed by atoms with van der Waals surface area (Å²) in [4.78, 5) is 0. The molecule has 0 aliphatic rings. The molecule has 3 nitrogen and oxygen atoms in total. The molecular formula is C14H14BrFN2O. The number of hydrazine groups is 1. The van der Waals surface area contributed by atoms with E-state index < -0.39 is 0 Å². The number of hydrogen-bond acceptors (Lipinski definition) is 3. The summed E-state index contributed by atoms with van der Waals surface area (Å²) < 4.78 is 19.5. The largest absolute Gasteiger partial charge is 0.496 e. The van der Waals surface area contributed by atoms with Crippen molar-refractivity contribution in [1.82, 2.24) is 5.43 Å². The van der Waals surface area contributed by atoms with Gasteiger partial charge in [0.25, 0.3) is 0 Å². The second-order valence-electron chi connectivity index (χ2n) is 4.04. The molecule has 0 saturated carbocycles. The Balaban J connectivity index is 2.49. The summed E-state index contributed by atoms with van der Waals surface area (Å²) in [6, 6.07) is 11.8. The summed E-state index contributed by atoms with van der Waals surface area (Å²) in [5, 5.41) is 0. The number of hydrogen-bond donors (Lipinski definition) is 2. The lowest BCUT2D eigenvalue weighted by Gasteiger charge is -2.19. The van der Waals surface area contributed by atoms with Crippen molar-refractivity contribution in [2.75, 3.05) is 7.11 Å². The van der Waals surface area contributed by atoms with Crippen LogP contribution >= 0.6 is 15.9 Å². The van der Waals surface area contributed by atoms with E-state index in [1.54, 1.807) is 7.11 Å². The van der Waals surface area contributed by atoms with Crippen LogP contribution in [-0.4, -0.2) is 7.11 Å². The molecule has 0 aliphatic carbocycles. The highest BCUT2D eigenvalue weighted by Crippen LogP contribution is 2.30. The van der Waals surface area contributed by atoms with E-state index in [1.165, 1.54) is 12.1 Å². The quantitative estimate of drug-likeness (QED) is 0.671. The first-order chi connectivity index (χ1) is 9.15. The molecule has 0 amide bonds. The second-order valence-corrected chi connectivity index (χ2v) is 4.96. The molecule has 0 aliphatic heterocycles. The first kappa shape index (κ1) is 14.0. The second kappa shape index (κ2) is 6.14. The Hall–Kier alpha value is -1.43. The molecule has 0 bridgehead atoms. The Kier molecular flexibility index (Phi) is 4.52. The van der Waals surface area contributed by atoms with Crippen LogP contribution in [-0.2, 0) is 0 Å². The van der Waals surface area contributed by atoms with Gasteiger partial charge in [0.15, 0.2) is 0 Å². The fraction of sp³-hybridized carbons (Fsp3) is 0.143. The van der Waals surface area contributed by atoms with Crippen LogP contribution in [0, 0.1) is 5.82 Å². The van der Waals surface area contributed by atoms with Gasteiger partial charge in [-0.25, -0.2) is 9.82 Å². The number of para-hydroxylation sites is 1. The molecule has 0 saturated heterocycles. The first-order valence-corrected chi connectivity index (χ1v) is 6.50. The van der Waals surface area contributed by atoms with Crippen molar-refractivity contribution >= 4 is 15.9 Å². The van der Waals surface area contributed by atoms with E-state index >= 15 is 0 Å². The highest BCUT2D eigenvalue weighted by atomic mass is 79.9. The molecule has 2 aromatic rings. The van der Waals surface area contributed by atoms with Crippen LogP contribution in [0.15, 0.2) is 46.9 Å². The Morgan fingerprint density at radius 2 is 2.00 bits per heavy atom. The lowest BCUT2D eigenvalue weighted by Crippen LogP contribution is -2.29. The highest BCUT2D eigenvalue weighted by molar-refractivity contribution is 9.10. The highest BCUT2D eigenvalue weighted by Gasteiger charge is 2.17. The number of nitrogens with one attached hydrogen (secondary N) is 1. The van der Waals surface area contributed by atoms with Crippen LogP contribution in [0.2, 0.25) is 0 Å². The summed E-state index contributed by atoms with van der Waals surface area (Å²) in [6.45, 7) is 0. The third-order valence-corrected chi connectivity index (χ3v) is 3.29. The van der Waals surface area contributed by atoms with Crippen LogP contribution in [0.3, 0.4) is 0 Å². The van der Waals surface area contributed by atoms with Crippen LogP contribution in [0.25, 0.3) is 0 Å². The molecule has 0 fully saturated rings. The maximum Gasteiger partial charge on any atom is 0.124 e. The Morgan fingerprint density at radius 3 is 2.63 bits per heavy atom. The van der Waals surface area contributed by atoms with Crippen LogP contribution in [0.1, 0.15) is 17.2 Å². The summed E-state index contributed by atoms with van der Waals surface area (Å²) in [7, 11) is 1.59. The summed E-state index contributed by atoms with van der Waals surface area (Å²) in [6.07, 6.45) is 0. The van der Waals surface area contributed by atoms with Gasteiger partial charge in [-0.05, 0) is 29.8 Å². The van der Waals surface area contributed by atoms with Gasteiger partial charge < -0.3 is 4.74 Å². The molecule has 1 atom stereocenters. The minimum absolute atomic E-state index is 0.320. The van der Waals surface area contributed by atoms with E-state index in [1.807, 2.05) is 30.3 Å². The molecule has 100 valence electrons. The molecule has 0 radical (unpaired) electrons. The third-order valence-electron chi connectivity index (χ3n) is 2.83. The minimum atomic E-state index is -0.344. The Morgan fingerprint density at radius 1 is 1.26 bits per heavy atom. The zero-order valence-electron chi connectivity index (χ0n) is 10.4. The summed E-state index contributed by atoms with van der Waals surface area (Å²) >= 11 is 3.28. The molecule has 2 rings (SSSR count). The SMILES string of the molecule is COc1ccccc1C(NN)c1cc(F)cc(Br)c1. The third kappa shape index (κ3) is 3.12. The van der Waals surface area contributed by atoms with Crippen molar-refractivity contribution in [1.29, 1.82) is 0 Å². The van der Waals surface area contributed by atoms with E-state index in [9.17, 15) is 4.39 Å². The van der Waals surface area contributed by atoms with Gasteiger partial charge in [0.1, 0.15) is 11.6 Å². The number of ether oxygens (including phenoxy) is 1. The fourth-order valence-corrected chi connectivity index (χ4v) is 2.50. The van der Waals surface area contributed by atoms with E-state index in [2.05, 4.69) is 21.4 Å². The topological polar surface area (TPSA) is 47.3 Å². The standard InChI is InChI=1S/C14H14BrFN2O/c1-19-13-5-3-2-4-12(13)14(18-17)9-6-10(15)8-11(16)7-9/h2-8,14,18H,17H2,1H3. The van der Waals surface area contributed by atoms with Gasteiger partial charge in [0.2, 0.25) is 0 Å². The van der Waals surface area contributed by atoms with Crippen molar-refractivity contribution in [3.05, 3.63) is 63.9 Å². The number of benzene rings is 2. The number of methoxy groups -OCH3 is 1. The van der Waals surface area contributed by atoms with E-state index in [4.69, 9.17) is 10.6 Å². The molecular weight excluding hydrogens is 311 g/mol. The smallest absolute Gasteiger partial charge is 0.124 e. The van der Waals surface area contributed by atoms with E-state index in [0.717, 1.165) is 11.1 Å². The molecule has 0 spiro atoms. The minimum Gasteiger partial charge on any atom is -0.496 e. The van der Waals surface area contributed by atoms with Gasteiger partial charge >= 0.3 is 0 Å². The normalized spacial score (nSPS) is 12.2. The van der Waals surface area contributed by atoms with Gasteiger partial charge in [-0.15, -0.1) is 0 Å². The molecule has 3 N–H and O–H groups in total.